The lowest BCUT2D eigenvalue weighted by atomic mass is 10.0. The van der Waals surface area contributed by atoms with Crippen molar-refractivity contribution in [1.29, 1.82) is 0 Å². The predicted molar refractivity (Wildman–Crippen MR) is 75.4 cm³/mol. The quantitative estimate of drug-likeness (QED) is 0.858. The maximum absolute atomic E-state index is 12.1. The molecule has 1 amide bonds. The molecule has 0 saturated carbocycles. The number of fused-ring (bicyclic) bond motifs is 1. The minimum absolute atomic E-state index is 0.0663. The molecule has 1 aliphatic heterocycles. The van der Waals surface area contributed by atoms with Crippen LogP contribution in [0.2, 0.25) is 0 Å². The summed E-state index contributed by atoms with van der Waals surface area (Å²) < 4.78 is 11.0. The van der Waals surface area contributed by atoms with Crippen LogP contribution in [0.4, 0.5) is 0 Å². The molecule has 0 bridgehead atoms. The summed E-state index contributed by atoms with van der Waals surface area (Å²) in [6.07, 6.45) is -0.473. The minimum Gasteiger partial charge on any atom is -0.485 e. The first-order chi connectivity index (χ1) is 9.97. The highest BCUT2D eigenvalue weighted by Gasteiger charge is 2.30. The van der Waals surface area contributed by atoms with E-state index in [9.17, 15) is 9.59 Å². The Morgan fingerprint density at radius 3 is 2.62 bits per heavy atom. The number of ether oxygens (including phenoxy) is 2. The first-order valence-corrected chi connectivity index (χ1v) is 6.89. The number of carbonyl (C=O) groups excluding carboxylic acids is 1. The van der Waals surface area contributed by atoms with Crippen LogP contribution < -0.4 is 14.8 Å². The number of aliphatic carboxylic acids is 1. The van der Waals surface area contributed by atoms with Crippen LogP contribution in [0.3, 0.4) is 0 Å². The van der Waals surface area contributed by atoms with Crippen molar-refractivity contribution in [3.05, 3.63) is 24.3 Å². The van der Waals surface area contributed by atoms with Crippen molar-refractivity contribution in [2.45, 2.75) is 32.4 Å². The second-order valence-electron chi connectivity index (χ2n) is 5.39. The molecule has 6 heteroatoms. The third kappa shape index (κ3) is 3.87. The number of carbonyl (C=O) groups is 2. The Balaban J connectivity index is 1.99. The molecule has 2 atom stereocenters. The zero-order valence-corrected chi connectivity index (χ0v) is 12.0. The fourth-order valence-corrected chi connectivity index (χ4v) is 2.11. The fraction of sp³-hybridized carbons (Fsp3) is 0.467. The number of benzene rings is 1. The van der Waals surface area contributed by atoms with Crippen molar-refractivity contribution in [1.82, 2.24) is 5.32 Å². The molecule has 0 saturated heterocycles. The number of amides is 1. The van der Waals surface area contributed by atoms with E-state index in [2.05, 4.69) is 5.32 Å². The Morgan fingerprint density at radius 2 is 2.00 bits per heavy atom. The van der Waals surface area contributed by atoms with Crippen LogP contribution in [0.15, 0.2) is 24.3 Å². The molecule has 0 unspecified atom stereocenters. The Morgan fingerprint density at radius 1 is 1.33 bits per heavy atom. The van der Waals surface area contributed by atoms with Gasteiger partial charge in [0.05, 0.1) is 0 Å². The summed E-state index contributed by atoms with van der Waals surface area (Å²) in [4.78, 5) is 23.3. The standard InChI is InChI=1S/C15H19NO5/c1-9(2)7-10(15(18)19)16-14(17)13-8-20-11-5-3-4-6-12(11)21-13/h3-6,9-10,13H,7-8H2,1-2H3,(H,16,17)(H,18,19)/t10-,13-/m0/s1. The molecule has 1 heterocycles. The SMILES string of the molecule is CC(C)C[C@H](NC(=O)[C@@H]1COc2ccccc2O1)C(=O)O. The summed E-state index contributed by atoms with van der Waals surface area (Å²) in [6.45, 7) is 3.87. The molecule has 114 valence electrons. The van der Waals surface area contributed by atoms with E-state index in [-0.39, 0.29) is 12.5 Å². The number of carboxylic acid groups (broad SMARTS) is 1. The molecule has 1 aliphatic rings. The van der Waals surface area contributed by atoms with Crippen LogP contribution in [0, 0.1) is 5.92 Å². The monoisotopic (exact) mass is 293 g/mol. The molecule has 0 spiro atoms. The van der Waals surface area contributed by atoms with E-state index in [1.807, 2.05) is 19.9 Å². The minimum atomic E-state index is -1.05. The normalized spacial score (nSPS) is 18.1. The lowest BCUT2D eigenvalue weighted by Crippen LogP contribution is -2.50. The third-order valence-corrected chi connectivity index (χ3v) is 3.12. The highest BCUT2D eigenvalue weighted by molar-refractivity contribution is 5.86. The van der Waals surface area contributed by atoms with Gasteiger partial charge in [-0.2, -0.15) is 0 Å². The predicted octanol–water partition coefficient (Wildman–Crippen LogP) is 1.44. The zero-order chi connectivity index (χ0) is 15.4. The van der Waals surface area contributed by atoms with Gasteiger partial charge in [-0.3, -0.25) is 4.79 Å². The van der Waals surface area contributed by atoms with Gasteiger partial charge in [-0.25, -0.2) is 4.79 Å². The molecule has 6 nitrogen and oxygen atoms in total. The summed E-state index contributed by atoms with van der Waals surface area (Å²) in [5.74, 6) is -0.291. The number of rotatable bonds is 5. The molecule has 2 N–H and O–H groups in total. The highest BCUT2D eigenvalue weighted by Crippen LogP contribution is 2.30. The highest BCUT2D eigenvalue weighted by atomic mass is 16.6. The van der Waals surface area contributed by atoms with Crippen molar-refractivity contribution in [3.63, 3.8) is 0 Å². The lowest BCUT2D eigenvalue weighted by Gasteiger charge is -2.27. The van der Waals surface area contributed by atoms with Crippen LogP contribution in [0.25, 0.3) is 0 Å². The average molecular weight is 293 g/mol. The van der Waals surface area contributed by atoms with Crippen molar-refractivity contribution >= 4 is 11.9 Å². The number of hydrogen-bond donors (Lipinski definition) is 2. The molecule has 0 aromatic heterocycles. The first-order valence-electron chi connectivity index (χ1n) is 6.89. The summed E-state index contributed by atoms with van der Waals surface area (Å²) in [5.41, 5.74) is 0. The topological polar surface area (TPSA) is 84.9 Å². The third-order valence-electron chi connectivity index (χ3n) is 3.12. The first kappa shape index (κ1) is 15.2. The van der Waals surface area contributed by atoms with Crippen LogP contribution in [-0.4, -0.2) is 35.7 Å². The van der Waals surface area contributed by atoms with Gasteiger partial charge in [0.25, 0.3) is 5.91 Å². The summed E-state index contributed by atoms with van der Waals surface area (Å²) >= 11 is 0. The van der Waals surface area contributed by atoms with Gasteiger partial charge in [0.1, 0.15) is 12.6 Å². The summed E-state index contributed by atoms with van der Waals surface area (Å²) in [6, 6.07) is 6.13. The van der Waals surface area contributed by atoms with Gasteiger partial charge in [-0.05, 0) is 24.5 Å². The molecule has 0 fully saturated rings. The molecule has 0 aliphatic carbocycles. The molecule has 1 aromatic rings. The molecular formula is C15H19NO5. The van der Waals surface area contributed by atoms with Gasteiger partial charge >= 0.3 is 5.97 Å². The van der Waals surface area contributed by atoms with Crippen molar-refractivity contribution in [3.8, 4) is 11.5 Å². The van der Waals surface area contributed by atoms with Crippen LogP contribution >= 0.6 is 0 Å². The smallest absolute Gasteiger partial charge is 0.326 e. The van der Waals surface area contributed by atoms with E-state index in [1.165, 1.54) is 0 Å². The van der Waals surface area contributed by atoms with E-state index in [1.54, 1.807) is 18.2 Å². The van der Waals surface area contributed by atoms with Gasteiger partial charge in [-0.15, -0.1) is 0 Å². The van der Waals surface area contributed by atoms with E-state index >= 15 is 0 Å². The molecule has 21 heavy (non-hydrogen) atoms. The Hall–Kier alpha value is -2.24. The van der Waals surface area contributed by atoms with Gasteiger partial charge in [0.2, 0.25) is 6.10 Å². The van der Waals surface area contributed by atoms with Gasteiger partial charge in [-0.1, -0.05) is 26.0 Å². The fourth-order valence-electron chi connectivity index (χ4n) is 2.11. The molecular weight excluding hydrogens is 274 g/mol. The Kier molecular flexibility index (Phi) is 4.67. The number of carboxylic acids is 1. The maximum Gasteiger partial charge on any atom is 0.326 e. The Labute approximate surface area is 123 Å². The zero-order valence-electron chi connectivity index (χ0n) is 12.0. The van der Waals surface area contributed by atoms with Gasteiger partial charge < -0.3 is 19.9 Å². The van der Waals surface area contributed by atoms with Crippen LogP contribution in [-0.2, 0) is 9.59 Å². The van der Waals surface area contributed by atoms with E-state index in [4.69, 9.17) is 14.6 Å². The lowest BCUT2D eigenvalue weighted by molar-refractivity contribution is -0.144. The van der Waals surface area contributed by atoms with E-state index in [0.717, 1.165) is 0 Å². The molecule has 1 aromatic carbocycles. The number of hydrogen-bond acceptors (Lipinski definition) is 4. The van der Waals surface area contributed by atoms with Crippen molar-refractivity contribution < 1.29 is 24.2 Å². The molecule has 0 radical (unpaired) electrons. The van der Waals surface area contributed by atoms with Gasteiger partial charge in [0, 0.05) is 0 Å². The second-order valence-corrected chi connectivity index (χ2v) is 5.39. The van der Waals surface area contributed by atoms with E-state index in [0.29, 0.717) is 17.9 Å². The van der Waals surface area contributed by atoms with Crippen molar-refractivity contribution in [2.75, 3.05) is 6.61 Å². The second kappa shape index (κ2) is 6.47. The maximum atomic E-state index is 12.1. The van der Waals surface area contributed by atoms with Crippen LogP contribution in [0.1, 0.15) is 20.3 Å². The van der Waals surface area contributed by atoms with Gasteiger partial charge in [0.15, 0.2) is 11.5 Å². The molecule has 2 rings (SSSR count). The Bertz CT molecular complexity index is 529. The largest absolute Gasteiger partial charge is 0.485 e. The number of nitrogens with one attached hydrogen (secondary N) is 1. The van der Waals surface area contributed by atoms with Crippen molar-refractivity contribution in [2.24, 2.45) is 5.92 Å². The van der Waals surface area contributed by atoms with Crippen LogP contribution in [0.5, 0.6) is 11.5 Å². The summed E-state index contributed by atoms with van der Waals surface area (Å²) in [7, 11) is 0. The average Bonchev–Trinajstić information content (AvgIpc) is 2.45. The summed E-state index contributed by atoms with van der Waals surface area (Å²) in [5, 5.41) is 11.6. The van der Waals surface area contributed by atoms with E-state index < -0.39 is 24.0 Å². The number of para-hydroxylation sites is 2.